The minimum atomic E-state index is -0.622. The molecule has 0 radical (unpaired) electrons. The van der Waals surface area contributed by atoms with Gasteiger partial charge in [-0.25, -0.2) is 0 Å². The van der Waals surface area contributed by atoms with Crippen LogP contribution in [0.15, 0.2) is 42.5 Å². The molecule has 0 bridgehead atoms. The van der Waals surface area contributed by atoms with Crippen molar-refractivity contribution in [2.45, 2.75) is 25.5 Å². The summed E-state index contributed by atoms with van der Waals surface area (Å²) in [5.74, 6) is 1.59. The van der Waals surface area contributed by atoms with E-state index in [0.717, 1.165) is 23.5 Å². The molecule has 1 heterocycles. The third kappa shape index (κ3) is 3.96. The van der Waals surface area contributed by atoms with Crippen molar-refractivity contribution in [1.29, 1.82) is 0 Å². The number of nitrogens with one attached hydrogen (secondary N) is 1. The molecule has 2 atom stereocenters. The first kappa shape index (κ1) is 16.1. The fourth-order valence-corrected chi connectivity index (χ4v) is 2.92. The molecule has 2 aromatic rings. The first-order valence-electron chi connectivity index (χ1n) is 7.68. The van der Waals surface area contributed by atoms with E-state index in [1.54, 1.807) is 6.07 Å². The van der Waals surface area contributed by atoms with Crippen LogP contribution in [0.25, 0.3) is 0 Å². The van der Waals surface area contributed by atoms with Gasteiger partial charge in [-0.3, -0.25) is 0 Å². The Balaban J connectivity index is 1.53. The summed E-state index contributed by atoms with van der Waals surface area (Å²) in [6.07, 6.45) is 0.217. The third-order valence-corrected chi connectivity index (χ3v) is 4.25. The number of benzene rings is 2. The van der Waals surface area contributed by atoms with Gasteiger partial charge in [0.1, 0.15) is 0 Å². The van der Waals surface area contributed by atoms with Gasteiger partial charge in [-0.15, -0.1) is 0 Å². The van der Waals surface area contributed by atoms with Crippen molar-refractivity contribution in [1.82, 2.24) is 5.32 Å². The van der Waals surface area contributed by atoms with Crippen LogP contribution in [0.1, 0.15) is 24.2 Å². The van der Waals surface area contributed by atoms with Crippen LogP contribution < -0.4 is 14.8 Å². The molecule has 0 fully saturated rings. The molecule has 0 saturated heterocycles. The standard InChI is InChI=1S/C18H20ClNO3/c1-12(8-13-6-7-17-18(9-13)23-11-22-17)20-10-16(21)14-4-2-3-5-15(14)19/h2-7,9,12,16,20-21H,8,10-11H2,1H3. The Hall–Kier alpha value is -1.75. The van der Waals surface area contributed by atoms with E-state index in [0.29, 0.717) is 11.6 Å². The van der Waals surface area contributed by atoms with Gasteiger partial charge in [0, 0.05) is 23.2 Å². The highest BCUT2D eigenvalue weighted by Crippen LogP contribution is 2.32. The molecule has 3 rings (SSSR count). The number of hydrogen-bond acceptors (Lipinski definition) is 4. The highest BCUT2D eigenvalue weighted by Gasteiger charge is 2.15. The van der Waals surface area contributed by atoms with E-state index in [1.165, 1.54) is 5.56 Å². The van der Waals surface area contributed by atoms with E-state index in [-0.39, 0.29) is 12.8 Å². The van der Waals surface area contributed by atoms with Crippen molar-refractivity contribution in [3.05, 3.63) is 58.6 Å². The average molecular weight is 334 g/mol. The summed E-state index contributed by atoms with van der Waals surface area (Å²) >= 11 is 6.10. The Morgan fingerprint density at radius 3 is 2.78 bits per heavy atom. The fourth-order valence-electron chi connectivity index (χ4n) is 2.66. The molecule has 0 aromatic heterocycles. The van der Waals surface area contributed by atoms with Crippen LogP contribution in [0.4, 0.5) is 0 Å². The van der Waals surface area contributed by atoms with Crippen molar-refractivity contribution >= 4 is 11.6 Å². The number of aliphatic hydroxyl groups is 1. The molecule has 1 aliphatic rings. The van der Waals surface area contributed by atoms with Gasteiger partial charge in [-0.2, -0.15) is 0 Å². The summed E-state index contributed by atoms with van der Waals surface area (Å²) < 4.78 is 10.7. The second-order valence-corrected chi connectivity index (χ2v) is 6.15. The van der Waals surface area contributed by atoms with E-state index in [1.807, 2.05) is 36.4 Å². The molecular formula is C18H20ClNO3. The van der Waals surface area contributed by atoms with E-state index in [2.05, 4.69) is 12.2 Å². The maximum atomic E-state index is 10.3. The van der Waals surface area contributed by atoms with Crippen LogP contribution in [0.2, 0.25) is 5.02 Å². The van der Waals surface area contributed by atoms with Gasteiger partial charge >= 0.3 is 0 Å². The van der Waals surface area contributed by atoms with Gasteiger partial charge in [-0.05, 0) is 37.1 Å². The molecular weight excluding hydrogens is 314 g/mol. The van der Waals surface area contributed by atoms with Gasteiger partial charge in [-0.1, -0.05) is 35.9 Å². The molecule has 4 nitrogen and oxygen atoms in total. The lowest BCUT2D eigenvalue weighted by atomic mass is 10.1. The van der Waals surface area contributed by atoms with E-state index < -0.39 is 6.10 Å². The molecule has 0 spiro atoms. The van der Waals surface area contributed by atoms with E-state index in [4.69, 9.17) is 21.1 Å². The molecule has 122 valence electrons. The zero-order valence-electron chi connectivity index (χ0n) is 13.0. The summed E-state index contributed by atoms with van der Waals surface area (Å²) in [7, 11) is 0. The monoisotopic (exact) mass is 333 g/mol. The third-order valence-electron chi connectivity index (χ3n) is 3.90. The number of ether oxygens (including phenoxy) is 2. The fraction of sp³-hybridized carbons (Fsp3) is 0.333. The molecule has 23 heavy (non-hydrogen) atoms. The van der Waals surface area contributed by atoms with Gasteiger partial charge in [0.15, 0.2) is 11.5 Å². The number of hydrogen-bond donors (Lipinski definition) is 2. The Morgan fingerprint density at radius 2 is 1.96 bits per heavy atom. The maximum absolute atomic E-state index is 10.3. The molecule has 5 heteroatoms. The van der Waals surface area contributed by atoms with Crippen molar-refractivity contribution in [2.75, 3.05) is 13.3 Å². The number of aliphatic hydroxyl groups excluding tert-OH is 1. The average Bonchev–Trinajstić information content (AvgIpc) is 3.01. The molecule has 2 unspecified atom stereocenters. The largest absolute Gasteiger partial charge is 0.454 e. The van der Waals surface area contributed by atoms with Crippen molar-refractivity contribution in [3.63, 3.8) is 0 Å². The summed E-state index contributed by atoms with van der Waals surface area (Å²) in [4.78, 5) is 0. The van der Waals surface area contributed by atoms with E-state index in [9.17, 15) is 5.11 Å². The van der Waals surface area contributed by atoms with Crippen LogP contribution in [0.5, 0.6) is 11.5 Å². The molecule has 2 aromatic carbocycles. The van der Waals surface area contributed by atoms with E-state index >= 15 is 0 Å². The zero-order chi connectivity index (χ0) is 16.2. The second kappa shape index (κ2) is 7.21. The second-order valence-electron chi connectivity index (χ2n) is 5.74. The van der Waals surface area contributed by atoms with Crippen molar-refractivity contribution in [2.24, 2.45) is 0 Å². The van der Waals surface area contributed by atoms with Gasteiger partial charge in [0.05, 0.1) is 6.10 Å². The van der Waals surface area contributed by atoms with Gasteiger partial charge in [0.2, 0.25) is 6.79 Å². The summed E-state index contributed by atoms with van der Waals surface area (Å²) in [6, 6.07) is 13.6. The molecule has 0 aliphatic carbocycles. The number of halogens is 1. The first-order valence-corrected chi connectivity index (χ1v) is 8.05. The molecule has 0 saturated carbocycles. The first-order chi connectivity index (χ1) is 11.1. The van der Waals surface area contributed by atoms with Crippen LogP contribution in [-0.2, 0) is 6.42 Å². The predicted molar refractivity (Wildman–Crippen MR) is 90.1 cm³/mol. The highest BCUT2D eigenvalue weighted by atomic mass is 35.5. The number of fused-ring (bicyclic) bond motifs is 1. The lowest BCUT2D eigenvalue weighted by Gasteiger charge is -2.18. The van der Waals surface area contributed by atoms with Gasteiger partial charge in [0.25, 0.3) is 0 Å². The SMILES string of the molecule is CC(Cc1ccc2c(c1)OCO2)NCC(O)c1ccccc1Cl. The quantitative estimate of drug-likeness (QED) is 0.851. The smallest absolute Gasteiger partial charge is 0.231 e. The van der Waals surface area contributed by atoms with Gasteiger partial charge < -0.3 is 19.9 Å². The van der Waals surface area contributed by atoms with Crippen LogP contribution in [0, 0.1) is 0 Å². The predicted octanol–water partition coefficient (Wildman–Crippen LogP) is 3.32. The Bertz CT molecular complexity index is 677. The maximum Gasteiger partial charge on any atom is 0.231 e. The lowest BCUT2D eigenvalue weighted by Crippen LogP contribution is -2.32. The number of rotatable bonds is 6. The van der Waals surface area contributed by atoms with Crippen LogP contribution in [0.3, 0.4) is 0 Å². The summed E-state index contributed by atoms with van der Waals surface area (Å²) in [5, 5.41) is 14.2. The summed E-state index contributed by atoms with van der Waals surface area (Å²) in [6.45, 7) is 2.83. The minimum absolute atomic E-state index is 0.215. The Labute approximate surface area is 141 Å². The topological polar surface area (TPSA) is 50.7 Å². The van der Waals surface area contributed by atoms with Crippen molar-refractivity contribution in [3.8, 4) is 11.5 Å². The normalized spacial score (nSPS) is 15.4. The Morgan fingerprint density at radius 1 is 1.17 bits per heavy atom. The molecule has 1 aliphatic heterocycles. The van der Waals surface area contributed by atoms with Crippen molar-refractivity contribution < 1.29 is 14.6 Å². The lowest BCUT2D eigenvalue weighted by molar-refractivity contribution is 0.170. The molecule has 0 amide bonds. The Kier molecular flexibility index (Phi) is 5.06. The zero-order valence-corrected chi connectivity index (χ0v) is 13.7. The van der Waals surface area contributed by atoms with Crippen LogP contribution >= 0.6 is 11.6 Å². The highest BCUT2D eigenvalue weighted by molar-refractivity contribution is 6.31. The van der Waals surface area contributed by atoms with Crippen LogP contribution in [-0.4, -0.2) is 24.5 Å². The molecule has 2 N–H and O–H groups in total. The minimum Gasteiger partial charge on any atom is -0.454 e. The summed E-state index contributed by atoms with van der Waals surface area (Å²) in [5.41, 5.74) is 1.92.